The van der Waals surface area contributed by atoms with Gasteiger partial charge in [0.25, 0.3) is 11.8 Å². The van der Waals surface area contributed by atoms with E-state index in [0.717, 1.165) is 0 Å². The van der Waals surface area contributed by atoms with Crippen molar-refractivity contribution < 1.29 is 39.6 Å². The van der Waals surface area contributed by atoms with E-state index in [1.54, 1.807) is 14.1 Å². The second kappa shape index (κ2) is 7.92. The molecular weight excluding hydrogens is 458 g/mol. The van der Waals surface area contributed by atoms with E-state index in [9.17, 15) is 39.6 Å². The average Bonchev–Trinajstić information content (AvgIpc) is 2.75. The van der Waals surface area contributed by atoms with Crippen LogP contribution in [-0.4, -0.2) is 93.4 Å². The number of nitrogens with zero attached hydrogens (tertiary/aromatic N) is 2. The number of nitrogens with two attached hydrogens (primary N) is 1. The summed E-state index contributed by atoms with van der Waals surface area (Å²) in [4.78, 5) is 54.3. The Balaban J connectivity index is 1.98. The summed E-state index contributed by atoms with van der Waals surface area (Å²) in [7, 11) is 6.16. The normalized spacial score (nSPS) is 28.0. The topological polar surface area (TPSA) is 182 Å². The Kier molecular flexibility index (Phi) is 5.53. The highest BCUT2D eigenvalue weighted by molar-refractivity contribution is 6.24. The molecule has 0 spiro atoms. The molecule has 0 saturated heterocycles. The van der Waals surface area contributed by atoms with Gasteiger partial charge in [0.2, 0.25) is 5.78 Å². The standard InChI is InChI=1S/C24H27N3O8/c1-26(2)17-12-8-9-7-11-10(23(34)27(3)4)5-6-13(28)15(11)18(29)14(9)20(31)24(12,35)21(32)16(19(17)30)22(25)33/h5-6,9,12,17,28-29,32,35H,7-8H2,1-4H3,(H2,25,33)/t9-,12-,17-,24-/m0/s1. The number of ketones is 2. The molecule has 1 aromatic rings. The molecule has 0 bridgehead atoms. The fourth-order valence-electron chi connectivity index (χ4n) is 5.69. The zero-order valence-electron chi connectivity index (χ0n) is 19.7. The molecule has 0 aliphatic heterocycles. The summed E-state index contributed by atoms with van der Waals surface area (Å²) in [6, 6.07) is 1.48. The summed E-state index contributed by atoms with van der Waals surface area (Å²) < 4.78 is 0. The van der Waals surface area contributed by atoms with Crippen molar-refractivity contribution in [3.63, 3.8) is 0 Å². The molecule has 11 heteroatoms. The van der Waals surface area contributed by atoms with E-state index in [2.05, 4.69) is 0 Å². The van der Waals surface area contributed by atoms with E-state index in [-0.39, 0.29) is 41.2 Å². The first kappa shape index (κ1) is 24.4. The number of likely N-dealkylation sites (N-methyl/N-ethyl adjacent to an activating group) is 1. The lowest BCUT2D eigenvalue weighted by atomic mass is 9.57. The van der Waals surface area contributed by atoms with E-state index in [4.69, 9.17) is 5.73 Å². The third kappa shape index (κ3) is 3.18. The number of carbonyl (C=O) groups excluding carboxylic acids is 4. The van der Waals surface area contributed by atoms with Crippen molar-refractivity contribution in [3.05, 3.63) is 45.7 Å². The first-order chi connectivity index (χ1) is 16.2. The Morgan fingerprint density at radius 1 is 1.09 bits per heavy atom. The minimum Gasteiger partial charge on any atom is -0.508 e. The lowest BCUT2D eigenvalue weighted by Gasteiger charge is -2.50. The minimum atomic E-state index is -2.70. The van der Waals surface area contributed by atoms with Crippen LogP contribution in [0.1, 0.15) is 27.9 Å². The van der Waals surface area contributed by atoms with Gasteiger partial charge < -0.3 is 31.1 Å². The van der Waals surface area contributed by atoms with Crippen LogP contribution < -0.4 is 5.73 Å². The largest absolute Gasteiger partial charge is 0.508 e. The van der Waals surface area contributed by atoms with Crippen LogP contribution in [0.15, 0.2) is 29.0 Å². The predicted octanol–water partition coefficient (Wildman–Crippen LogP) is -0.334. The molecule has 6 N–H and O–H groups in total. The molecule has 0 heterocycles. The number of carbonyl (C=O) groups is 4. The van der Waals surface area contributed by atoms with Gasteiger partial charge in [-0.1, -0.05) is 0 Å². The molecule has 1 saturated carbocycles. The number of amides is 2. The molecule has 2 amide bonds. The van der Waals surface area contributed by atoms with Crippen LogP contribution in [0.3, 0.4) is 0 Å². The number of phenolic OH excluding ortho intramolecular Hbond substituents is 1. The molecule has 3 aliphatic rings. The molecule has 11 nitrogen and oxygen atoms in total. The summed E-state index contributed by atoms with van der Waals surface area (Å²) >= 11 is 0. The lowest BCUT2D eigenvalue weighted by molar-refractivity contribution is -0.153. The Labute approximate surface area is 200 Å². The van der Waals surface area contributed by atoms with Gasteiger partial charge in [0.05, 0.1) is 11.6 Å². The molecule has 4 rings (SSSR count). The maximum absolute atomic E-state index is 13.7. The number of fused-ring (bicyclic) bond motifs is 3. The van der Waals surface area contributed by atoms with Gasteiger partial charge in [-0.3, -0.25) is 24.1 Å². The maximum Gasteiger partial charge on any atom is 0.255 e. The van der Waals surface area contributed by atoms with E-state index in [0.29, 0.717) is 5.56 Å². The number of aliphatic hydroxyl groups excluding tert-OH is 2. The number of primary amides is 1. The predicted molar refractivity (Wildman–Crippen MR) is 122 cm³/mol. The number of phenols is 1. The van der Waals surface area contributed by atoms with Crippen LogP contribution in [0.4, 0.5) is 0 Å². The van der Waals surface area contributed by atoms with Gasteiger partial charge in [0.1, 0.15) is 22.8 Å². The first-order valence-electron chi connectivity index (χ1n) is 11.0. The van der Waals surface area contributed by atoms with Gasteiger partial charge in [-0.15, -0.1) is 0 Å². The summed E-state index contributed by atoms with van der Waals surface area (Å²) in [6.45, 7) is 0. The van der Waals surface area contributed by atoms with Gasteiger partial charge in [-0.05, 0) is 50.6 Å². The Morgan fingerprint density at radius 2 is 1.71 bits per heavy atom. The SMILES string of the molecule is CN(C)C(=O)c1ccc(O)c2c1C[C@H]1C[C@H]3[C@H](N(C)C)C(=O)C(C(N)=O)=C(O)[C@@]3(O)C(=O)C1=C2O. The number of aliphatic hydroxyl groups is 3. The van der Waals surface area contributed by atoms with E-state index < -0.39 is 58.0 Å². The van der Waals surface area contributed by atoms with Crippen LogP contribution in [0.2, 0.25) is 0 Å². The second-order valence-corrected chi connectivity index (χ2v) is 9.65. The maximum atomic E-state index is 13.7. The number of Topliss-reactive ketones (excluding diaryl/α,β-unsaturated/α-hetero) is 2. The van der Waals surface area contributed by atoms with Gasteiger partial charge in [-0.25, -0.2) is 0 Å². The van der Waals surface area contributed by atoms with Crippen LogP contribution in [-0.2, 0) is 20.8 Å². The number of benzene rings is 1. The fraction of sp³-hybridized carbons (Fsp3) is 0.417. The molecular formula is C24H27N3O8. The van der Waals surface area contributed by atoms with Crippen molar-refractivity contribution in [2.75, 3.05) is 28.2 Å². The van der Waals surface area contributed by atoms with Crippen LogP contribution >= 0.6 is 0 Å². The van der Waals surface area contributed by atoms with E-state index in [1.165, 1.54) is 36.0 Å². The van der Waals surface area contributed by atoms with Crippen LogP contribution in [0.25, 0.3) is 5.76 Å². The molecule has 0 radical (unpaired) electrons. The quantitative estimate of drug-likeness (QED) is 0.358. The van der Waals surface area contributed by atoms with Crippen molar-refractivity contribution in [2.45, 2.75) is 24.5 Å². The van der Waals surface area contributed by atoms with Crippen molar-refractivity contribution in [3.8, 4) is 5.75 Å². The molecule has 1 fully saturated rings. The van der Waals surface area contributed by atoms with Crippen molar-refractivity contribution in [1.82, 2.24) is 9.80 Å². The molecule has 186 valence electrons. The molecule has 35 heavy (non-hydrogen) atoms. The van der Waals surface area contributed by atoms with Crippen molar-refractivity contribution in [1.29, 1.82) is 0 Å². The van der Waals surface area contributed by atoms with E-state index in [1.807, 2.05) is 0 Å². The molecule has 1 aromatic carbocycles. The lowest BCUT2D eigenvalue weighted by Crippen LogP contribution is -2.65. The monoisotopic (exact) mass is 485 g/mol. The Hall–Kier alpha value is -3.70. The van der Waals surface area contributed by atoms with Gasteiger partial charge in [-0.2, -0.15) is 0 Å². The first-order valence-corrected chi connectivity index (χ1v) is 11.0. The summed E-state index contributed by atoms with van der Waals surface area (Å²) in [5, 5.41) is 44.0. The molecule has 0 unspecified atom stereocenters. The zero-order chi connectivity index (χ0) is 26.1. The van der Waals surface area contributed by atoms with Crippen LogP contribution in [0, 0.1) is 11.8 Å². The molecule has 4 atom stereocenters. The van der Waals surface area contributed by atoms with Gasteiger partial charge in [0.15, 0.2) is 11.4 Å². The highest BCUT2D eigenvalue weighted by atomic mass is 16.3. The molecule has 3 aliphatic carbocycles. The highest BCUT2D eigenvalue weighted by Gasteiger charge is 2.64. The minimum absolute atomic E-state index is 0.0446. The summed E-state index contributed by atoms with van der Waals surface area (Å²) in [5.41, 5.74) is 1.91. The summed E-state index contributed by atoms with van der Waals surface area (Å²) in [6.07, 6.45) is 0.00879. The van der Waals surface area contributed by atoms with Gasteiger partial charge in [0, 0.05) is 31.1 Å². The number of hydrogen-bond acceptors (Lipinski definition) is 9. The highest BCUT2D eigenvalue weighted by Crippen LogP contribution is 2.52. The van der Waals surface area contributed by atoms with Crippen molar-refractivity contribution in [2.24, 2.45) is 17.6 Å². The fourth-order valence-corrected chi connectivity index (χ4v) is 5.69. The Bertz CT molecular complexity index is 1260. The number of rotatable bonds is 3. The van der Waals surface area contributed by atoms with E-state index >= 15 is 0 Å². The van der Waals surface area contributed by atoms with Gasteiger partial charge >= 0.3 is 0 Å². The third-order valence-electron chi connectivity index (χ3n) is 7.24. The average molecular weight is 485 g/mol. The van der Waals surface area contributed by atoms with Crippen molar-refractivity contribution >= 4 is 29.1 Å². The number of hydrogen-bond donors (Lipinski definition) is 5. The number of aromatic hydroxyl groups is 1. The second-order valence-electron chi connectivity index (χ2n) is 9.65. The Morgan fingerprint density at radius 3 is 2.26 bits per heavy atom. The van der Waals surface area contributed by atoms with Crippen LogP contribution in [0.5, 0.6) is 5.75 Å². The summed E-state index contributed by atoms with van der Waals surface area (Å²) in [5.74, 6) is -7.65. The zero-order valence-corrected chi connectivity index (χ0v) is 19.7. The third-order valence-corrected chi connectivity index (χ3v) is 7.24. The molecule has 0 aromatic heterocycles. The smallest absolute Gasteiger partial charge is 0.255 e.